The molecule has 2 N–H and O–H groups in total. The van der Waals surface area contributed by atoms with Gasteiger partial charge in [-0.1, -0.05) is 37.6 Å². The molecule has 0 aromatic heterocycles. The minimum absolute atomic E-state index is 0.295. The molecular weight excluding hydrogens is 294 g/mol. The van der Waals surface area contributed by atoms with E-state index in [1.807, 2.05) is 0 Å². The Morgan fingerprint density at radius 2 is 1.95 bits per heavy atom. The number of hydrogen-bond donors (Lipinski definition) is 2. The molecule has 0 aliphatic carbocycles. The maximum Gasteiger partial charge on any atom is 0.258 e. The van der Waals surface area contributed by atoms with E-state index in [2.05, 4.69) is 29.4 Å². The predicted molar refractivity (Wildman–Crippen MR) is 87.3 cm³/mol. The first-order valence-electron chi connectivity index (χ1n) is 6.64. The number of thiocarbonyl (C=S) groups is 1. The van der Waals surface area contributed by atoms with Crippen LogP contribution < -0.4 is 10.6 Å². The van der Waals surface area contributed by atoms with E-state index in [0.717, 1.165) is 19.6 Å². The van der Waals surface area contributed by atoms with E-state index in [0.29, 0.717) is 22.2 Å². The number of hydrogen-bond acceptors (Lipinski definition) is 3. The van der Waals surface area contributed by atoms with E-state index in [4.69, 9.17) is 23.8 Å². The zero-order valence-electron chi connectivity index (χ0n) is 11.8. The molecule has 1 aromatic rings. The highest BCUT2D eigenvalue weighted by atomic mass is 35.5. The zero-order chi connectivity index (χ0) is 15.0. The Morgan fingerprint density at radius 3 is 2.55 bits per heavy atom. The van der Waals surface area contributed by atoms with Crippen molar-refractivity contribution in [3.8, 4) is 0 Å². The van der Waals surface area contributed by atoms with E-state index >= 15 is 0 Å². The molecule has 6 heteroatoms. The molecule has 0 atom stereocenters. The van der Waals surface area contributed by atoms with E-state index in [1.165, 1.54) is 0 Å². The second-order valence-corrected chi connectivity index (χ2v) is 5.03. The average molecular weight is 314 g/mol. The molecule has 0 fully saturated rings. The van der Waals surface area contributed by atoms with Gasteiger partial charge in [-0.2, -0.15) is 0 Å². The van der Waals surface area contributed by atoms with Gasteiger partial charge in [-0.15, -0.1) is 0 Å². The van der Waals surface area contributed by atoms with Crippen molar-refractivity contribution in [2.24, 2.45) is 0 Å². The monoisotopic (exact) mass is 313 g/mol. The van der Waals surface area contributed by atoms with Gasteiger partial charge in [0.25, 0.3) is 5.91 Å². The molecule has 20 heavy (non-hydrogen) atoms. The first kappa shape index (κ1) is 16.9. The molecule has 0 bridgehead atoms. The van der Waals surface area contributed by atoms with Crippen LogP contribution in [-0.4, -0.2) is 42.1 Å². The van der Waals surface area contributed by atoms with Crippen LogP contribution in [0.3, 0.4) is 0 Å². The van der Waals surface area contributed by atoms with Gasteiger partial charge in [-0.05, 0) is 37.4 Å². The summed E-state index contributed by atoms with van der Waals surface area (Å²) in [7, 11) is 0. The molecule has 0 heterocycles. The highest BCUT2D eigenvalue weighted by Crippen LogP contribution is 2.14. The number of carbonyl (C=O) groups is 1. The molecule has 1 aromatic carbocycles. The standard InChI is InChI=1S/C14H20ClN3OS/c1-3-18(4-2)10-9-16-14(20)17-13(19)11-7-5-6-8-12(11)15/h5-8H,3-4,9-10H2,1-2H3,(H2,16,17,19,20). The lowest BCUT2D eigenvalue weighted by Gasteiger charge is -2.18. The van der Waals surface area contributed by atoms with Crippen molar-refractivity contribution in [1.82, 2.24) is 15.5 Å². The fraction of sp³-hybridized carbons (Fsp3) is 0.429. The third-order valence-corrected chi connectivity index (χ3v) is 3.53. The molecule has 0 aliphatic rings. The molecule has 0 aliphatic heterocycles. The predicted octanol–water partition coefficient (Wildman–Crippen LogP) is 2.29. The van der Waals surface area contributed by atoms with E-state index in [1.54, 1.807) is 24.3 Å². The van der Waals surface area contributed by atoms with Crippen LogP contribution in [0.5, 0.6) is 0 Å². The SMILES string of the molecule is CCN(CC)CCNC(=S)NC(=O)c1ccccc1Cl. The van der Waals surface area contributed by atoms with Gasteiger partial charge in [-0.3, -0.25) is 10.1 Å². The van der Waals surface area contributed by atoms with Gasteiger partial charge in [0.15, 0.2) is 5.11 Å². The molecule has 0 radical (unpaired) electrons. The van der Waals surface area contributed by atoms with E-state index < -0.39 is 0 Å². The lowest BCUT2D eigenvalue weighted by molar-refractivity contribution is 0.0977. The van der Waals surface area contributed by atoms with Gasteiger partial charge in [-0.25, -0.2) is 0 Å². The van der Waals surface area contributed by atoms with Crippen molar-refractivity contribution in [2.75, 3.05) is 26.2 Å². The summed E-state index contributed by atoms with van der Waals surface area (Å²) in [6.45, 7) is 7.80. The first-order valence-corrected chi connectivity index (χ1v) is 7.43. The zero-order valence-corrected chi connectivity index (χ0v) is 13.4. The summed E-state index contributed by atoms with van der Waals surface area (Å²) in [5.74, 6) is -0.295. The molecular formula is C14H20ClN3OS. The topological polar surface area (TPSA) is 44.4 Å². The molecule has 0 spiro atoms. The summed E-state index contributed by atoms with van der Waals surface area (Å²) in [5.41, 5.74) is 0.419. The Bertz CT molecular complexity index is 463. The fourth-order valence-electron chi connectivity index (χ4n) is 1.73. The normalized spacial score (nSPS) is 10.4. The molecule has 1 rings (SSSR count). The van der Waals surface area contributed by atoms with Crippen molar-refractivity contribution in [3.05, 3.63) is 34.9 Å². The highest BCUT2D eigenvalue weighted by Gasteiger charge is 2.10. The van der Waals surface area contributed by atoms with E-state index in [-0.39, 0.29) is 5.91 Å². The molecule has 110 valence electrons. The number of carbonyl (C=O) groups excluding carboxylic acids is 1. The van der Waals surface area contributed by atoms with Crippen molar-refractivity contribution in [2.45, 2.75) is 13.8 Å². The van der Waals surface area contributed by atoms with Crippen LogP contribution in [0.2, 0.25) is 5.02 Å². The third kappa shape index (κ3) is 5.45. The van der Waals surface area contributed by atoms with Crippen molar-refractivity contribution in [3.63, 3.8) is 0 Å². The number of likely N-dealkylation sites (N-methyl/N-ethyl adjacent to an activating group) is 1. The maximum atomic E-state index is 12.0. The molecule has 4 nitrogen and oxygen atoms in total. The molecule has 1 amide bonds. The summed E-state index contributed by atoms with van der Waals surface area (Å²) >= 11 is 11.0. The second kappa shape index (κ2) is 8.89. The largest absolute Gasteiger partial charge is 0.361 e. The highest BCUT2D eigenvalue weighted by molar-refractivity contribution is 7.80. The molecule has 0 unspecified atom stereocenters. The van der Waals surface area contributed by atoms with Crippen LogP contribution in [0.4, 0.5) is 0 Å². The third-order valence-electron chi connectivity index (χ3n) is 2.95. The molecule has 0 saturated heterocycles. The Morgan fingerprint density at radius 1 is 1.30 bits per heavy atom. The van der Waals surface area contributed by atoms with Crippen LogP contribution in [0, 0.1) is 0 Å². The lowest BCUT2D eigenvalue weighted by atomic mass is 10.2. The van der Waals surface area contributed by atoms with Crippen LogP contribution >= 0.6 is 23.8 Å². The summed E-state index contributed by atoms with van der Waals surface area (Å²) in [6, 6.07) is 6.88. The quantitative estimate of drug-likeness (QED) is 0.791. The number of amides is 1. The van der Waals surface area contributed by atoms with Crippen molar-refractivity contribution < 1.29 is 4.79 Å². The summed E-state index contributed by atoms with van der Waals surface area (Å²) in [6.07, 6.45) is 0. The maximum absolute atomic E-state index is 12.0. The first-order chi connectivity index (χ1) is 9.58. The van der Waals surface area contributed by atoms with Gasteiger partial charge in [0.05, 0.1) is 10.6 Å². The Kier molecular flexibility index (Phi) is 7.51. The average Bonchev–Trinajstić information content (AvgIpc) is 2.44. The van der Waals surface area contributed by atoms with Gasteiger partial charge in [0, 0.05) is 13.1 Å². The number of nitrogens with zero attached hydrogens (tertiary/aromatic N) is 1. The van der Waals surface area contributed by atoms with Crippen LogP contribution in [0.25, 0.3) is 0 Å². The Balaban J connectivity index is 2.39. The minimum atomic E-state index is -0.295. The summed E-state index contributed by atoms with van der Waals surface area (Å²) < 4.78 is 0. The van der Waals surface area contributed by atoms with Crippen molar-refractivity contribution in [1.29, 1.82) is 0 Å². The van der Waals surface area contributed by atoms with Crippen LogP contribution in [0.1, 0.15) is 24.2 Å². The smallest absolute Gasteiger partial charge is 0.258 e. The lowest BCUT2D eigenvalue weighted by Crippen LogP contribution is -2.42. The number of halogens is 1. The van der Waals surface area contributed by atoms with E-state index in [9.17, 15) is 4.79 Å². The van der Waals surface area contributed by atoms with Crippen LogP contribution in [0.15, 0.2) is 24.3 Å². The number of rotatable bonds is 6. The summed E-state index contributed by atoms with van der Waals surface area (Å²) in [5, 5.41) is 6.38. The summed E-state index contributed by atoms with van der Waals surface area (Å²) in [4.78, 5) is 14.2. The molecule has 0 saturated carbocycles. The fourth-order valence-corrected chi connectivity index (χ4v) is 2.14. The number of benzene rings is 1. The minimum Gasteiger partial charge on any atom is -0.361 e. The second-order valence-electron chi connectivity index (χ2n) is 4.22. The Hall–Kier alpha value is -1.17. The number of nitrogens with one attached hydrogen (secondary N) is 2. The van der Waals surface area contributed by atoms with Gasteiger partial charge < -0.3 is 10.2 Å². The Labute approximate surface area is 130 Å². The van der Waals surface area contributed by atoms with Gasteiger partial charge >= 0.3 is 0 Å². The van der Waals surface area contributed by atoms with Gasteiger partial charge in [0.1, 0.15) is 0 Å². The van der Waals surface area contributed by atoms with Crippen molar-refractivity contribution >= 4 is 34.8 Å². The van der Waals surface area contributed by atoms with Gasteiger partial charge in [0.2, 0.25) is 0 Å². The van der Waals surface area contributed by atoms with Crippen LogP contribution in [-0.2, 0) is 0 Å².